The van der Waals surface area contributed by atoms with Crippen LogP contribution in [0.3, 0.4) is 0 Å². The molecule has 4 rings (SSSR count). The minimum absolute atomic E-state index is 0.355. The minimum atomic E-state index is -0.355. The molecule has 0 atom stereocenters. The van der Waals surface area contributed by atoms with Crippen LogP contribution in [-0.4, -0.2) is 31.3 Å². The molecule has 0 aliphatic carbocycles. The van der Waals surface area contributed by atoms with E-state index in [-0.39, 0.29) is 5.91 Å². The summed E-state index contributed by atoms with van der Waals surface area (Å²) in [4.78, 5) is 17.7. The molecule has 7 heteroatoms. The van der Waals surface area contributed by atoms with E-state index >= 15 is 0 Å². The van der Waals surface area contributed by atoms with E-state index in [1.165, 1.54) is 6.21 Å². The third-order valence-electron chi connectivity index (χ3n) is 4.76. The second-order valence-corrected chi connectivity index (χ2v) is 6.79. The Hall–Kier alpha value is -4.13. The zero-order valence-corrected chi connectivity index (χ0v) is 17.4. The van der Waals surface area contributed by atoms with Crippen molar-refractivity contribution < 1.29 is 18.7 Å². The molecular weight excluding hydrogens is 394 g/mol. The lowest BCUT2D eigenvalue weighted by atomic mass is 10.0. The number of hydrogen-bond acceptors (Lipinski definition) is 6. The van der Waals surface area contributed by atoms with Crippen LogP contribution < -0.4 is 14.9 Å². The summed E-state index contributed by atoms with van der Waals surface area (Å²) in [6, 6.07) is 18.3. The second kappa shape index (κ2) is 8.71. The van der Waals surface area contributed by atoms with Gasteiger partial charge in [0, 0.05) is 17.0 Å². The fourth-order valence-electron chi connectivity index (χ4n) is 3.25. The first-order valence-electron chi connectivity index (χ1n) is 9.61. The molecule has 0 saturated carbocycles. The van der Waals surface area contributed by atoms with Gasteiger partial charge in [-0.25, -0.2) is 10.4 Å². The Bertz CT molecular complexity index is 1280. The molecule has 0 spiro atoms. The van der Waals surface area contributed by atoms with Gasteiger partial charge in [-0.1, -0.05) is 18.2 Å². The SMILES string of the molecule is COc1ccc(-c2cc(C(=O)NN=Cc3ccc(C)o3)c3ccccc3n2)c(OC)c1. The number of carbonyl (C=O) groups is 1. The van der Waals surface area contributed by atoms with Crippen molar-refractivity contribution in [2.24, 2.45) is 5.10 Å². The molecule has 1 N–H and O–H groups in total. The van der Waals surface area contributed by atoms with Gasteiger partial charge in [-0.05, 0) is 43.3 Å². The molecule has 0 saturated heterocycles. The summed E-state index contributed by atoms with van der Waals surface area (Å²) < 4.78 is 16.2. The van der Waals surface area contributed by atoms with Crippen molar-refractivity contribution in [3.63, 3.8) is 0 Å². The van der Waals surface area contributed by atoms with Crippen molar-refractivity contribution >= 4 is 23.0 Å². The first-order chi connectivity index (χ1) is 15.1. The van der Waals surface area contributed by atoms with Gasteiger partial charge in [-0.3, -0.25) is 4.79 Å². The second-order valence-electron chi connectivity index (χ2n) is 6.79. The summed E-state index contributed by atoms with van der Waals surface area (Å²) in [7, 11) is 3.17. The van der Waals surface area contributed by atoms with Crippen molar-refractivity contribution in [3.8, 4) is 22.8 Å². The summed E-state index contributed by atoms with van der Waals surface area (Å²) in [5.41, 5.74) is 5.06. The van der Waals surface area contributed by atoms with E-state index in [0.717, 1.165) is 16.7 Å². The molecule has 1 amide bonds. The van der Waals surface area contributed by atoms with Crippen molar-refractivity contribution in [1.29, 1.82) is 0 Å². The summed E-state index contributed by atoms with van der Waals surface area (Å²) in [5.74, 6) is 2.24. The number of aryl methyl sites for hydroxylation is 1. The zero-order valence-electron chi connectivity index (χ0n) is 17.4. The third-order valence-corrected chi connectivity index (χ3v) is 4.76. The molecule has 0 bridgehead atoms. The number of amides is 1. The van der Waals surface area contributed by atoms with Gasteiger partial charge >= 0.3 is 0 Å². The number of hydrogen-bond donors (Lipinski definition) is 1. The number of nitrogens with one attached hydrogen (secondary N) is 1. The molecule has 2 heterocycles. The number of para-hydroxylation sites is 1. The predicted octanol–water partition coefficient (Wildman–Crippen LogP) is 4.58. The number of pyridine rings is 1. The predicted molar refractivity (Wildman–Crippen MR) is 119 cm³/mol. The van der Waals surface area contributed by atoms with Crippen LogP contribution in [0.2, 0.25) is 0 Å². The highest BCUT2D eigenvalue weighted by Crippen LogP contribution is 2.34. The van der Waals surface area contributed by atoms with Gasteiger partial charge in [-0.15, -0.1) is 0 Å². The number of rotatable bonds is 6. The lowest BCUT2D eigenvalue weighted by Crippen LogP contribution is -2.18. The smallest absolute Gasteiger partial charge is 0.272 e. The average molecular weight is 415 g/mol. The molecule has 4 aromatic rings. The van der Waals surface area contributed by atoms with Crippen molar-refractivity contribution in [3.05, 3.63) is 77.7 Å². The largest absolute Gasteiger partial charge is 0.497 e. The highest BCUT2D eigenvalue weighted by molar-refractivity contribution is 6.07. The zero-order chi connectivity index (χ0) is 21.8. The highest BCUT2D eigenvalue weighted by atomic mass is 16.5. The molecular formula is C24H21N3O4. The van der Waals surface area contributed by atoms with E-state index in [0.29, 0.717) is 34.0 Å². The van der Waals surface area contributed by atoms with Gasteiger partial charge < -0.3 is 13.9 Å². The molecule has 31 heavy (non-hydrogen) atoms. The maximum Gasteiger partial charge on any atom is 0.272 e. The number of furan rings is 1. The number of benzene rings is 2. The molecule has 2 aromatic heterocycles. The maximum absolute atomic E-state index is 13.0. The Kier molecular flexibility index (Phi) is 5.66. The number of ether oxygens (including phenoxy) is 2. The number of fused-ring (bicyclic) bond motifs is 1. The van der Waals surface area contributed by atoms with E-state index in [4.69, 9.17) is 18.9 Å². The van der Waals surface area contributed by atoms with Crippen LogP contribution in [0.5, 0.6) is 11.5 Å². The fraction of sp³-hybridized carbons (Fsp3) is 0.125. The van der Waals surface area contributed by atoms with Crippen LogP contribution in [0.15, 0.2) is 70.2 Å². The van der Waals surface area contributed by atoms with Crippen LogP contribution in [0.4, 0.5) is 0 Å². The van der Waals surface area contributed by atoms with Crippen molar-refractivity contribution in [1.82, 2.24) is 10.4 Å². The van der Waals surface area contributed by atoms with E-state index in [1.54, 1.807) is 32.4 Å². The highest BCUT2D eigenvalue weighted by Gasteiger charge is 2.16. The quantitative estimate of drug-likeness (QED) is 0.368. The molecule has 0 unspecified atom stereocenters. The van der Waals surface area contributed by atoms with Crippen LogP contribution in [0.25, 0.3) is 22.2 Å². The number of nitrogens with zero attached hydrogens (tertiary/aromatic N) is 2. The molecule has 2 aromatic carbocycles. The molecule has 7 nitrogen and oxygen atoms in total. The van der Waals surface area contributed by atoms with Crippen LogP contribution in [0, 0.1) is 6.92 Å². The van der Waals surface area contributed by atoms with Gasteiger partial charge in [0.1, 0.15) is 23.0 Å². The molecule has 0 aliphatic heterocycles. The molecule has 0 aliphatic rings. The Morgan fingerprint density at radius 1 is 1.06 bits per heavy atom. The monoisotopic (exact) mass is 415 g/mol. The first-order valence-corrected chi connectivity index (χ1v) is 9.61. The number of methoxy groups -OCH3 is 2. The average Bonchev–Trinajstić information content (AvgIpc) is 3.22. The number of aromatic nitrogens is 1. The lowest BCUT2D eigenvalue weighted by molar-refractivity contribution is 0.0956. The van der Waals surface area contributed by atoms with Gasteiger partial charge in [0.05, 0.1) is 37.2 Å². The Morgan fingerprint density at radius 2 is 1.90 bits per heavy atom. The van der Waals surface area contributed by atoms with Crippen LogP contribution >= 0.6 is 0 Å². The van der Waals surface area contributed by atoms with E-state index < -0.39 is 0 Å². The first kappa shape index (κ1) is 20.2. The fourth-order valence-corrected chi connectivity index (χ4v) is 3.25. The molecule has 0 radical (unpaired) electrons. The maximum atomic E-state index is 13.0. The normalized spacial score (nSPS) is 11.1. The van der Waals surface area contributed by atoms with Gasteiger partial charge in [0.15, 0.2) is 0 Å². The van der Waals surface area contributed by atoms with Crippen molar-refractivity contribution in [2.75, 3.05) is 14.2 Å². The number of carbonyl (C=O) groups excluding carboxylic acids is 1. The Labute approximate surface area is 179 Å². The topological polar surface area (TPSA) is 86.0 Å². The Morgan fingerprint density at radius 3 is 2.65 bits per heavy atom. The third kappa shape index (κ3) is 4.25. The summed E-state index contributed by atoms with van der Waals surface area (Å²) in [5, 5.41) is 4.74. The van der Waals surface area contributed by atoms with Crippen molar-refractivity contribution in [2.45, 2.75) is 6.92 Å². The standard InChI is InChI=1S/C24H21N3O4/c1-15-8-9-17(31-15)14-25-27-24(28)20-13-22(26-21-7-5-4-6-18(20)21)19-11-10-16(29-2)12-23(19)30-3/h4-14H,1-3H3,(H,27,28). The summed E-state index contributed by atoms with van der Waals surface area (Å²) in [6.45, 7) is 1.84. The number of hydrazone groups is 1. The van der Waals surface area contributed by atoms with E-state index in [9.17, 15) is 4.79 Å². The van der Waals surface area contributed by atoms with Gasteiger partial charge in [0.2, 0.25) is 0 Å². The molecule has 0 fully saturated rings. The summed E-state index contributed by atoms with van der Waals surface area (Å²) >= 11 is 0. The van der Waals surface area contributed by atoms with E-state index in [1.807, 2.05) is 49.4 Å². The Balaban J connectivity index is 1.73. The minimum Gasteiger partial charge on any atom is -0.497 e. The van der Waals surface area contributed by atoms with Crippen LogP contribution in [-0.2, 0) is 0 Å². The lowest BCUT2D eigenvalue weighted by Gasteiger charge is -2.12. The van der Waals surface area contributed by atoms with Gasteiger partial charge in [0.25, 0.3) is 5.91 Å². The van der Waals surface area contributed by atoms with Gasteiger partial charge in [-0.2, -0.15) is 5.10 Å². The van der Waals surface area contributed by atoms with Crippen LogP contribution in [0.1, 0.15) is 21.9 Å². The molecule has 156 valence electrons. The summed E-state index contributed by atoms with van der Waals surface area (Å²) in [6.07, 6.45) is 1.46. The van der Waals surface area contributed by atoms with E-state index in [2.05, 4.69) is 10.5 Å².